The minimum atomic E-state index is 0.0349. The van der Waals surface area contributed by atoms with Crippen molar-refractivity contribution in [2.75, 3.05) is 0 Å². The van der Waals surface area contributed by atoms with E-state index >= 15 is 0 Å². The van der Waals surface area contributed by atoms with Crippen LogP contribution in [-0.4, -0.2) is 0 Å². The third kappa shape index (κ3) is 5.98. The number of benzene rings is 11. The molecule has 0 nitrogen and oxygen atoms in total. The average molecular weight is 811 g/mol. The van der Waals surface area contributed by atoms with Crippen molar-refractivity contribution in [1.82, 2.24) is 0 Å². The molecule has 2 atom stereocenters. The Morgan fingerprint density at radius 3 is 1.11 bits per heavy atom. The molecule has 2 aliphatic carbocycles. The highest BCUT2D eigenvalue weighted by molar-refractivity contribution is 5.93. The number of hydrogen-bond acceptors (Lipinski definition) is 0. The predicted molar refractivity (Wildman–Crippen MR) is 269 cm³/mol. The van der Waals surface area contributed by atoms with Gasteiger partial charge in [0, 0.05) is 11.8 Å². The monoisotopic (exact) mass is 810 g/mol. The Balaban J connectivity index is 1.03. The fraction of sp³-hybridized carbons (Fsp3) is 0.0312. The standard InChI is InChI=1S/C64H42/c1-2-16-43(17-3-1)61-57-26-10-8-24-55(57)59-32-33-60-56-25-9-11-27-58(56)62(64(60)63(59)61)54-39-52(48-22-12-20-46(36-48)50-30-28-41-14-4-6-18-44(41)34-50)38-53(40-54)49-23-13-21-47(37-49)51-31-29-42-15-5-7-19-45(42)35-51/h1-40,61-62H. The van der Waals surface area contributed by atoms with E-state index < -0.39 is 0 Å². The largest absolute Gasteiger partial charge is 0.0622 e. The molecule has 64 heavy (non-hydrogen) atoms. The SMILES string of the molecule is c1ccc(C2c3ccccc3-c3ccc4c(c32)C(c2cc(-c3cccc(-c5ccc6ccccc6c5)c3)cc(-c3cccc(-c5ccc6ccccc6c5)c3)c2)c2ccccc2-4)cc1. The van der Waals surface area contributed by atoms with Crippen LogP contribution in [0.4, 0.5) is 0 Å². The summed E-state index contributed by atoms with van der Waals surface area (Å²) >= 11 is 0. The molecular weight excluding hydrogens is 769 g/mol. The Morgan fingerprint density at radius 1 is 0.203 bits per heavy atom. The van der Waals surface area contributed by atoms with Crippen molar-refractivity contribution >= 4 is 21.5 Å². The third-order valence-corrected chi connectivity index (χ3v) is 14.0. The van der Waals surface area contributed by atoms with Crippen LogP contribution >= 0.6 is 0 Å². The summed E-state index contributed by atoms with van der Waals surface area (Å²) in [5, 5.41) is 5.02. The zero-order valence-corrected chi connectivity index (χ0v) is 35.2. The first-order valence-corrected chi connectivity index (χ1v) is 22.5. The van der Waals surface area contributed by atoms with Gasteiger partial charge in [-0.25, -0.2) is 0 Å². The molecule has 2 aliphatic rings. The van der Waals surface area contributed by atoms with Gasteiger partial charge in [0.25, 0.3) is 0 Å². The fourth-order valence-electron chi connectivity index (χ4n) is 11.0. The molecule has 13 rings (SSSR count). The molecule has 0 saturated heterocycles. The highest BCUT2D eigenvalue weighted by Crippen LogP contribution is 2.58. The third-order valence-electron chi connectivity index (χ3n) is 14.0. The van der Waals surface area contributed by atoms with Crippen LogP contribution in [0.3, 0.4) is 0 Å². The molecule has 0 bridgehead atoms. The van der Waals surface area contributed by atoms with Gasteiger partial charge in [-0.1, -0.05) is 212 Å². The lowest BCUT2D eigenvalue weighted by Gasteiger charge is -2.24. The summed E-state index contributed by atoms with van der Waals surface area (Å²) in [6.45, 7) is 0. The Kier molecular flexibility index (Phi) is 8.46. The summed E-state index contributed by atoms with van der Waals surface area (Å²) < 4.78 is 0. The minimum absolute atomic E-state index is 0.0349. The van der Waals surface area contributed by atoms with Gasteiger partial charge in [-0.2, -0.15) is 0 Å². The van der Waals surface area contributed by atoms with E-state index in [9.17, 15) is 0 Å². The van der Waals surface area contributed by atoms with Crippen molar-refractivity contribution < 1.29 is 0 Å². The van der Waals surface area contributed by atoms with E-state index in [0.717, 1.165) is 0 Å². The quantitative estimate of drug-likeness (QED) is 0.157. The Morgan fingerprint density at radius 2 is 0.594 bits per heavy atom. The summed E-state index contributed by atoms with van der Waals surface area (Å²) in [6, 6.07) is 90.8. The van der Waals surface area contributed by atoms with Crippen LogP contribution in [0.1, 0.15) is 45.2 Å². The van der Waals surface area contributed by atoms with Crippen molar-refractivity contribution in [1.29, 1.82) is 0 Å². The summed E-state index contributed by atoms with van der Waals surface area (Å²) in [4.78, 5) is 0. The van der Waals surface area contributed by atoms with Crippen LogP contribution in [0.2, 0.25) is 0 Å². The number of rotatable bonds is 6. The van der Waals surface area contributed by atoms with Crippen LogP contribution in [-0.2, 0) is 0 Å². The summed E-state index contributed by atoms with van der Waals surface area (Å²) in [5.74, 6) is 0.173. The Hall–Kier alpha value is -8.06. The Labute approximate surface area is 374 Å². The first kappa shape index (κ1) is 36.6. The van der Waals surface area contributed by atoms with Gasteiger partial charge >= 0.3 is 0 Å². The normalized spacial score (nSPS) is 14.6. The first-order chi connectivity index (χ1) is 31.7. The van der Waals surface area contributed by atoms with Gasteiger partial charge in [0.1, 0.15) is 0 Å². The van der Waals surface area contributed by atoms with Crippen LogP contribution in [0.5, 0.6) is 0 Å². The van der Waals surface area contributed by atoms with Crippen molar-refractivity contribution in [2.45, 2.75) is 11.8 Å². The lowest BCUT2D eigenvalue weighted by Crippen LogP contribution is -2.08. The first-order valence-electron chi connectivity index (χ1n) is 22.5. The zero-order valence-electron chi connectivity index (χ0n) is 35.2. The van der Waals surface area contributed by atoms with Crippen LogP contribution in [0.25, 0.3) is 88.3 Å². The fourth-order valence-corrected chi connectivity index (χ4v) is 11.0. The average Bonchev–Trinajstić information content (AvgIpc) is 3.89. The zero-order chi connectivity index (χ0) is 42.1. The number of hydrogen-bond donors (Lipinski definition) is 0. The van der Waals surface area contributed by atoms with E-state index in [2.05, 4.69) is 243 Å². The van der Waals surface area contributed by atoms with E-state index in [4.69, 9.17) is 0 Å². The second-order valence-corrected chi connectivity index (χ2v) is 17.6. The molecule has 0 spiro atoms. The van der Waals surface area contributed by atoms with Crippen LogP contribution in [0, 0.1) is 0 Å². The topological polar surface area (TPSA) is 0 Å². The highest BCUT2D eigenvalue weighted by Gasteiger charge is 2.40. The van der Waals surface area contributed by atoms with E-state index in [1.54, 1.807) is 0 Å². The van der Waals surface area contributed by atoms with Crippen LogP contribution < -0.4 is 0 Å². The smallest absolute Gasteiger partial charge is 0.0356 e. The minimum Gasteiger partial charge on any atom is -0.0622 e. The van der Waals surface area contributed by atoms with Crippen molar-refractivity contribution in [2.24, 2.45) is 0 Å². The van der Waals surface area contributed by atoms with Gasteiger partial charge in [0.15, 0.2) is 0 Å². The van der Waals surface area contributed by atoms with E-state index in [0.29, 0.717) is 0 Å². The molecular formula is C64H42. The molecule has 0 radical (unpaired) electrons. The van der Waals surface area contributed by atoms with Crippen molar-refractivity contribution in [3.63, 3.8) is 0 Å². The molecule has 0 heteroatoms. The maximum absolute atomic E-state index is 2.49. The van der Waals surface area contributed by atoms with E-state index in [1.165, 1.54) is 122 Å². The lowest BCUT2D eigenvalue weighted by atomic mass is 9.79. The molecule has 0 fully saturated rings. The van der Waals surface area contributed by atoms with E-state index in [-0.39, 0.29) is 11.8 Å². The summed E-state index contributed by atoms with van der Waals surface area (Å²) in [5.41, 5.74) is 23.4. The molecule has 0 aliphatic heterocycles. The van der Waals surface area contributed by atoms with Gasteiger partial charge < -0.3 is 0 Å². The van der Waals surface area contributed by atoms with Gasteiger partial charge in [0.2, 0.25) is 0 Å². The summed E-state index contributed by atoms with van der Waals surface area (Å²) in [7, 11) is 0. The molecule has 2 unspecified atom stereocenters. The molecule has 0 heterocycles. The molecule has 0 amide bonds. The van der Waals surface area contributed by atoms with Crippen LogP contribution in [0.15, 0.2) is 243 Å². The predicted octanol–water partition coefficient (Wildman–Crippen LogP) is 17.0. The molecule has 298 valence electrons. The van der Waals surface area contributed by atoms with Gasteiger partial charge in [-0.3, -0.25) is 0 Å². The highest BCUT2D eigenvalue weighted by atomic mass is 14.4. The lowest BCUT2D eigenvalue weighted by molar-refractivity contribution is 0.938. The number of fused-ring (bicyclic) bond motifs is 9. The molecule has 11 aromatic rings. The molecule has 0 saturated carbocycles. The van der Waals surface area contributed by atoms with Crippen molar-refractivity contribution in [3.05, 3.63) is 276 Å². The van der Waals surface area contributed by atoms with Gasteiger partial charge in [0.05, 0.1) is 0 Å². The molecule has 0 aromatic heterocycles. The summed E-state index contributed by atoms with van der Waals surface area (Å²) in [6.07, 6.45) is 0. The second kappa shape index (κ2) is 14.8. The second-order valence-electron chi connectivity index (χ2n) is 17.6. The maximum atomic E-state index is 2.49. The Bertz CT molecular complexity index is 3490. The molecule has 11 aromatic carbocycles. The maximum Gasteiger partial charge on any atom is 0.0356 e. The van der Waals surface area contributed by atoms with E-state index in [1.807, 2.05) is 0 Å². The van der Waals surface area contributed by atoms with Gasteiger partial charge in [-0.05, 0) is 152 Å². The molecule has 0 N–H and O–H groups in total. The van der Waals surface area contributed by atoms with Crippen molar-refractivity contribution in [3.8, 4) is 66.8 Å². The van der Waals surface area contributed by atoms with Gasteiger partial charge in [-0.15, -0.1) is 0 Å².